The van der Waals surface area contributed by atoms with Crippen molar-refractivity contribution in [2.75, 3.05) is 6.61 Å². The predicted molar refractivity (Wildman–Crippen MR) is 104 cm³/mol. The highest BCUT2D eigenvalue weighted by molar-refractivity contribution is 5.71. The molecule has 0 radical (unpaired) electrons. The van der Waals surface area contributed by atoms with Crippen LogP contribution in [0.2, 0.25) is 0 Å². The number of rotatable bonds is 7. The first-order valence-corrected chi connectivity index (χ1v) is 8.46. The molecule has 0 saturated heterocycles. The molecule has 0 aliphatic rings. The first-order valence-electron chi connectivity index (χ1n) is 8.46. The summed E-state index contributed by atoms with van der Waals surface area (Å²) in [5, 5.41) is 71.3. The number of hydrogen-bond donors (Lipinski definition) is 8. The van der Waals surface area contributed by atoms with Gasteiger partial charge in [0, 0.05) is 6.07 Å². The summed E-state index contributed by atoms with van der Waals surface area (Å²) in [6.07, 6.45) is -3.24. The van der Waals surface area contributed by atoms with E-state index in [9.17, 15) is 15.0 Å². The van der Waals surface area contributed by atoms with E-state index in [1.165, 1.54) is 6.07 Å². The summed E-state index contributed by atoms with van der Waals surface area (Å²) in [4.78, 5) is 9.90. The molecule has 0 aliphatic carbocycles. The fraction of sp³-hybridized carbons (Fsp3) is 0.250. The van der Waals surface area contributed by atoms with Crippen molar-refractivity contribution >= 4 is 18.4 Å². The number of aromatic hydroxyl groups is 3. The SMILES string of the molecule is O=CC(O)C(O)C(O)C(O)CO.Oc1ccc(C=Cc2cc(O)cc(O)c2)cc1. The van der Waals surface area contributed by atoms with Gasteiger partial charge in [0.1, 0.15) is 41.7 Å². The van der Waals surface area contributed by atoms with Crippen molar-refractivity contribution in [2.24, 2.45) is 0 Å². The van der Waals surface area contributed by atoms with E-state index >= 15 is 0 Å². The minimum Gasteiger partial charge on any atom is -0.508 e. The van der Waals surface area contributed by atoms with Gasteiger partial charge in [-0.2, -0.15) is 0 Å². The molecule has 158 valence electrons. The van der Waals surface area contributed by atoms with E-state index in [0.717, 1.165) is 5.56 Å². The third-order valence-corrected chi connectivity index (χ3v) is 3.71. The largest absolute Gasteiger partial charge is 0.508 e. The standard InChI is InChI=1S/C14H12O3.C6H12O6/c15-12-5-3-10(4-6-12)1-2-11-7-13(16)9-14(17)8-11;7-1-3(9)5(11)6(12)4(10)2-8/h1-9,15-17H;1,3-6,8-12H,2H2. The zero-order chi connectivity index (χ0) is 22.0. The number of aliphatic hydroxyl groups excluding tert-OH is 5. The summed E-state index contributed by atoms with van der Waals surface area (Å²) in [6.45, 7) is -0.760. The molecule has 9 nitrogen and oxygen atoms in total. The Kier molecular flexibility index (Phi) is 9.80. The maximum Gasteiger partial charge on any atom is 0.151 e. The van der Waals surface area contributed by atoms with Crippen LogP contribution in [-0.2, 0) is 4.79 Å². The normalized spacial score (nSPS) is 15.1. The van der Waals surface area contributed by atoms with Crippen LogP contribution < -0.4 is 0 Å². The Labute approximate surface area is 166 Å². The summed E-state index contributed by atoms with van der Waals surface area (Å²) in [6, 6.07) is 11.1. The number of hydrogen-bond acceptors (Lipinski definition) is 9. The van der Waals surface area contributed by atoms with Crippen molar-refractivity contribution in [1.82, 2.24) is 0 Å². The van der Waals surface area contributed by atoms with Gasteiger partial charge < -0.3 is 45.6 Å². The molecular weight excluding hydrogens is 384 g/mol. The summed E-state index contributed by atoms with van der Waals surface area (Å²) in [5.74, 6) is 0.267. The molecule has 0 aromatic heterocycles. The van der Waals surface area contributed by atoms with E-state index in [-0.39, 0.29) is 23.5 Å². The zero-order valence-electron chi connectivity index (χ0n) is 15.3. The summed E-state index contributed by atoms with van der Waals surface area (Å²) >= 11 is 0. The van der Waals surface area contributed by atoms with Gasteiger partial charge in [-0.05, 0) is 35.4 Å². The number of aliphatic hydroxyl groups is 5. The van der Waals surface area contributed by atoms with Crippen LogP contribution in [0.3, 0.4) is 0 Å². The Hall–Kier alpha value is -2.95. The Morgan fingerprint density at radius 3 is 1.72 bits per heavy atom. The lowest BCUT2D eigenvalue weighted by molar-refractivity contribution is -0.136. The van der Waals surface area contributed by atoms with Crippen LogP contribution in [-0.4, -0.2) is 78.2 Å². The average molecular weight is 408 g/mol. The number of benzene rings is 2. The summed E-state index contributed by atoms with van der Waals surface area (Å²) in [7, 11) is 0. The van der Waals surface area contributed by atoms with Gasteiger partial charge in [0.2, 0.25) is 0 Å². The van der Waals surface area contributed by atoms with Gasteiger partial charge in [0.15, 0.2) is 6.29 Å². The van der Waals surface area contributed by atoms with Crippen molar-refractivity contribution < 1.29 is 45.6 Å². The zero-order valence-corrected chi connectivity index (χ0v) is 15.3. The molecule has 4 atom stereocenters. The molecule has 8 N–H and O–H groups in total. The quantitative estimate of drug-likeness (QED) is 0.223. The minimum atomic E-state index is -1.79. The topological polar surface area (TPSA) is 179 Å². The van der Waals surface area contributed by atoms with Crippen LogP contribution >= 0.6 is 0 Å². The van der Waals surface area contributed by atoms with Crippen LogP contribution in [0.4, 0.5) is 0 Å². The van der Waals surface area contributed by atoms with Crippen molar-refractivity contribution in [3.05, 3.63) is 53.6 Å². The molecule has 0 saturated carbocycles. The minimum absolute atomic E-state index is 0.0235. The molecular formula is C20H24O9. The monoisotopic (exact) mass is 408 g/mol. The van der Waals surface area contributed by atoms with Crippen molar-refractivity contribution in [3.63, 3.8) is 0 Å². The highest BCUT2D eigenvalue weighted by Gasteiger charge is 2.29. The smallest absolute Gasteiger partial charge is 0.151 e. The third-order valence-electron chi connectivity index (χ3n) is 3.71. The molecule has 0 heterocycles. The van der Waals surface area contributed by atoms with E-state index < -0.39 is 31.0 Å². The fourth-order valence-electron chi connectivity index (χ4n) is 2.11. The number of phenols is 3. The number of aldehydes is 1. The maximum absolute atomic E-state index is 9.90. The average Bonchev–Trinajstić information content (AvgIpc) is 2.70. The highest BCUT2D eigenvalue weighted by Crippen LogP contribution is 2.22. The van der Waals surface area contributed by atoms with Crippen LogP contribution in [0, 0.1) is 0 Å². The molecule has 2 aromatic rings. The second-order valence-electron chi connectivity index (χ2n) is 6.07. The Balaban J connectivity index is 0.000000311. The van der Waals surface area contributed by atoms with E-state index in [1.54, 1.807) is 42.5 Å². The molecule has 9 heteroatoms. The lowest BCUT2D eigenvalue weighted by atomic mass is 10.0. The molecule has 29 heavy (non-hydrogen) atoms. The van der Waals surface area contributed by atoms with Gasteiger partial charge in [-0.3, -0.25) is 0 Å². The summed E-state index contributed by atoms with van der Waals surface area (Å²) in [5.41, 5.74) is 1.63. The number of carbonyl (C=O) groups excluding carboxylic acids is 1. The van der Waals surface area contributed by atoms with Crippen molar-refractivity contribution in [3.8, 4) is 17.2 Å². The molecule has 2 aromatic carbocycles. The predicted octanol–water partition coefficient (Wildman–Crippen LogP) is -0.405. The van der Waals surface area contributed by atoms with Crippen molar-refractivity contribution in [1.29, 1.82) is 0 Å². The molecule has 0 aliphatic heterocycles. The maximum atomic E-state index is 9.90. The first kappa shape index (κ1) is 24.1. The van der Waals surface area contributed by atoms with E-state index in [0.29, 0.717) is 5.56 Å². The van der Waals surface area contributed by atoms with Gasteiger partial charge in [-0.1, -0.05) is 24.3 Å². The molecule has 0 spiro atoms. The molecule has 4 unspecified atom stereocenters. The van der Waals surface area contributed by atoms with Gasteiger partial charge >= 0.3 is 0 Å². The lowest BCUT2D eigenvalue weighted by Gasteiger charge is -2.22. The second kappa shape index (κ2) is 11.8. The Morgan fingerprint density at radius 1 is 0.724 bits per heavy atom. The van der Waals surface area contributed by atoms with Gasteiger partial charge in [-0.25, -0.2) is 0 Å². The third kappa shape index (κ3) is 8.30. The molecule has 0 amide bonds. The van der Waals surface area contributed by atoms with Crippen LogP contribution in [0.5, 0.6) is 17.2 Å². The van der Waals surface area contributed by atoms with Crippen molar-refractivity contribution in [2.45, 2.75) is 24.4 Å². The Bertz CT molecular complexity index is 769. The number of carbonyl (C=O) groups is 1. The molecule has 0 bridgehead atoms. The van der Waals surface area contributed by atoms with Crippen LogP contribution in [0.15, 0.2) is 42.5 Å². The lowest BCUT2D eigenvalue weighted by Crippen LogP contribution is -2.46. The summed E-state index contributed by atoms with van der Waals surface area (Å²) < 4.78 is 0. The molecule has 2 rings (SSSR count). The van der Waals surface area contributed by atoms with Crippen LogP contribution in [0.25, 0.3) is 12.2 Å². The van der Waals surface area contributed by atoms with E-state index in [4.69, 9.17) is 30.6 Å². The Morgan fingerprint density at radius 2 is 1.24 bits per heavy atom. The highest BCUT2D eigenvalue weighted by atomic mass is 16.4. The van der Waals surface area contributed by atoms with Crippen LogP contribution in [0.1, 0.15) is 11.1 Å². The number of phenolic OH excluding ortho intramolecular Hbond substituents is 3. The van der Waals surface area contributed by atoms with Gasteiger partial charge in [-0.15, -0.1) is 0 Å². The van der Waals surface area contributed by atoms with Gasteiger partial charge in [0.05, 0.1) is 6.61 Å². The van der Waals surface area contributed by atoms with E-state index in [1.807, 2.05) is 6.08 Å². The second-order valence-corrected chi connectivity index (χ2v) is 6.07. The fourth-order valence-corrected chi connectivity index (χ4v) is 2.11. The van der Waals surface area contributed by atoms with Gasteiger partial charge in [0.25, 0.3) is 0 Å². The molecule has 0 fully saturated rings. The van der Waals surface area contributed by atoms with E-state index in [2.05, 4.69) is 0 Å². The first-order chi connectivity index (χ1) is 13.7.